The standard InChI is InChI=1S/C6H7F3N2O2/c7-6(8,9)3-13-2-4-10-1-5(12)11-4/h1-3H2,(H,10,11,12). The topological polar surface area (TPSA) is 50.7 Å². The number of nitrogens with zero attached hydrogens (tertiary/aromatic N) is 1. The Morgan fingerprint density at radius 1 is 1.54 bits per heavy atom. The third-order valence-electron chi connectivity index (χ3n) is 1.20. The molecule has 1 amide bonds. The number of alkyl halides is 3. The van der Waals surface area contributed by atoms with Gasteiger partial charge in [-0.25, -0.2) is 0 Å². The lowest BCUT2D eigenvalue weighted by molar-refractivity contribution is -0.170. The van der Waals surface area contributed by atoms with Gasteiger partial charge in [0.2, 0.25) is 5.91 Å². The van der Waals surface area contributed by atoms with Crippen LogP contribution in [0.2, 0.25) is 0 Å². The Morgan fingerprint density at radius 2 is 2.23 bits per heavy atom. The number of amides is 1. The molecule has 0 radical (unpaired) electrons. The molecule has 0 aromatic heterocycles. The Morgan fingerprint density at radius 3 is 2.69 bits per heavy atom. The van der Waals surface area contributed by atoms with E-state index in [0.29, 0.717) is 0 Å². The van der Waals surface area contributed by atoms with Gasteiger partial charge in [0.05, 0.1) is 0 Å². The van der Waals surface area contributed by atoms with Crippen molar-refractivity contribution in [3.8, 4) is 0 Å². The SMILES string of the molecule is O=C1CN=C(COCC(F)(F)F)N1. The molecule has 0 bridgehead atoms. The number of carbonyl (C=O) groups is 1. The van der Waals surface area contributed by atoms with Crippen molar-refractivity contribution >= 4 is 11.7 Å². The highest BCUT2D eigenvalue weighted by molar-refractivity contribution is 6.04. The minimum Gasteiger partial charge on any atom is -0.364 e. The van der Waals surface area contributed by atoms with Crippen LogP contribution in [0.1, 0.15) is 0 Å². The average molecular weight is 196 g/mol. The Kier molecular flexibility index (Phi) is 2.86. The van der Waals surface area contributed by atoms with Gasteiger partial charge in [-0.15, -0.1) is 0 Å². The maximum atomic E-state index is 11.6. The molecule has 7 heteroatoms. The first-order valence-corrected chi connectivity index (χ1v) is 3.45. The molecule has 4 nitrogen and oxygen atoms in total. The second-order valence-corrected chi connectivity index (χ2v) is 2.42. The molecule has 13 heavy (non-hydrogen) atoms. The molecule has 74 valence electrons. The van der Waals surface area contributed by atoms with Crippen molar-refractivity contribution in [2.24, 2.45) is 4.99 Å². The highest BCUT2D eigenvalue weighted by Gasteiger charge is 2.27. The van der Waals surface area contributed by atoms with E-state index in [2.05, 4.69) is 15.0 Å². The van der Waals surface area contributed by atoms with E-state index in [1.165, 1.54) is 0 Å². The molecule has 0 fully saturated rings. The summed E-state index contributed by atoms with van der Waals surface area (Å²) in [6.45, 7) is -1.68. The fraction of sp³-hybridized carbons (Fsp3) is 0.667. The summed E-state index contributed by atoms with van der Waals surface area (Å²) in [5.74, 6) is -0.181. The predicted octanol–water partition coefficient (Wildman–Crippen LogP) is 0.0936. The van der Waals surface area contributed by atoms with Gasteiger partial charge in [0.25, 0.3) is 0 Å². The molecule has 1 heterocycles. The van der Waals surface area contributed by atoms with Gasteiger partial charge in [-0.3, -0.25) is 9.79 Å². The van der Waals surface area contributed by atoms with Gasteiger partial charge in [-0.05, 0) is 0 Å². The van der Waals surface area contributed by atoms with Gasteiger partial charge in [0.15, 0.2) is 0 Å². The Balaban J connectivity index is 2.17. The summed E-state index contributed by atoms with van der Waals surface area (Å²) in [6.07, 6.45) is -4.34. The first kappa shape index (κ1) is 9.97. The second kappa shape index (κ2) is 3.73. The molecule has 0 aromatic rings. The minimum absolute atomic E-state index is 0.0370. The van der Waals surface area contributed by atoms with Crippen LogP contribution in [0.25, 0.3) is 0 Å². The van der Waals surface area contributed by atoms with Crippen molar-refractivity contribution < 1.29 is 22.7 Å². The molecular weight excluding hydrogens is 189 g/mol. The summed E-state index contributed by atoms with van der Waals surface area (Å²) in [7, 11) is 0. The number of nitrogens with one attached hydrogen (secondary N) is 1. The number of hydrogen-bond donors (Lipinski definition) is 1. The summed E-state index contributed by atoms with van der Waals surface area (Å²) >= 11 is 0. The number of ether oxygens (including phenoxy) is 1. The van der Waals surface area contributed by atoms with Gasteiger partial charge in [0.1, 0.15) is 25.6 Å². The first-order chi connectivity index (χ1) is 5.97. The Hall–Kier alpha value is -1.11. The van der Waals surface area contributed by atoms with Crippen molar-refractivity contribution in [2.75, 3.05) is 19.8 Å². The third kappa shape index (κ3) is 3.88. The van der Waals surface area contributed by atoms with Crippen LogP contribution in [0, 0.1) is 0 Å². The number of aliphatic imine (C=N–C) groups is 1. The first-order valence-electron chi connectivity index (χ1n) is 3.45. The molecule has 0 unspecified atom stereocenters. The number of halogens is 3. The van der Waals surface area contributed by atoms with E-state index in [4.69, 9.17) is 0 Å². The zero-order valence-electron chi connectivity index (χ0n) is 6.52. The summed E-state index contributed by atoms with van der Waals surface area (Å²) in [6, 6.07) is 0. The van der Waals surface area contributed by atoms with E-state index in [9.17, 15) is 18.0 Å². The van der Waals surface area contributed by atoms with E-state index < -0.39 is 12.8 Å². The van der Waals surface area contributed by atoms with Crippen molar-refractivity contribution in [1.82, 2.24) is 5.32 Å². The van der Waals surface area contributed by atoms with E-state index in [1.807, 2.05) is 0 Å². The molecule has 0 spiro atoms. The van der Waals surface area contributed by atoms with Gasteiger partial charge in [-0.2, -0.15) is 13.2 Å². The van der Waals surface area contributed by atoms with Crippen LogP contribution in [0.15, 0.2) is 4.99 Å². The van der Waals surface area contributed by atoms with E-state index in [0.717, 1.165) is 0 Å². The van der Waals surface area contributed by atoms with E-state index in [-0.39, 0.29) is 24.9 Å². The smallest absolute Gasteiger partial charge is 0.364 e. The summed E-state index contributed by atoms with van der Waals surface area (Å²) in [5.41, 5.74) is 0. The predicted molar refractivity (Wildman–Crippen MR) is 37.3 cm³/mol. The molecular formula is C6H7F3N2O2. The summed E-state index contributed by atoms with van der Waals surface area (Å²) in [5, 5.41) is 2.26. The number of rotatable bonds is 3. The normalized spacial score (nSPS) is 17.2. The molecule has 1 aliphatic heterocycles. The molecule has 1 rings (SSSR count). The molecule has 1 aliphatic rings. The maximum Gasteiger partial charge on any atom is 0.411 e. The molecule has 0 atom stereocenters. The second-order valence-electron chi connectivity index (χ2n) is 2.42. The van der Waals surface area contributed by atoms with Crippen LogP contribution in [-0.2, 0) is 9.53 Å². The lowest BCUT2D eigenvalue weighted by Crippen LogP contribution is -2.29. The summed E-state index contributed by atoms with van der Waals surface area (Å²) in [4.78, 5) is 14.1. The molecule has 1 N–H and O–H groups in total. The van der Waals surface area contributed by atoms with Crippen molar-refractivity contribution in [3.63, 3.8) is 0 Å². The molecule has 0 saturated carbocycles. The number of amidine groups is 1. The quantitative estimate of drug-likeness (QED) is 0.695. The van der Waals surface area contributed by atoms with Crippen LogP contribution in [0.3, 0.4) is 0 Å². The monoisotopic (exact) mass is 196 g/mol. The van der Waals surface area contributed by atoms with Crippen LogP contribution in [-0.4, -0.2) is 37.7 Å². The minimum atomic E-state index is -4.34. The van der Waals surface area contributed by atoms with Crippen molar-refractivity contribution in [3.05, 3.63) is 0 Å². The van der Waals surface area contributed by atoms with Crippen molar-refractivity contribution in [2.45, 2.75) is 6.18 Å². The highest BCUT2D eigenvalue weighted by Crippen LogP contribution is 2.14. The molecule has 0 aromatic carbocycles. The average Bonchev–Trinajstić information content (AvgIpc) is 2.33. The van der Waals surface area contributed by atoms with E-state index in [1.54, 1.807) is 0 Å². The Bertz CT molecular complexity index is 237. The fourth-order valence-corrected chi connectivity index (χ4v) is 0.752. The van der Waals surface area contributed by atoms with Crippen LogP contribution >= 0.6 is 0 Å². The summed E-state index contributed by atoms with van der Waals surface area (Å²) < 4.78 is 38.9. The van der Waals surface area contributed by atoms with Gasteiger partial charge >= 0.3 is 6.18 Å². The zero-order chi connectivity index (χ0) is 9.90. The number of hydrogen-bond acceptors (Lipinski definition) is 3. The van der Waals surface area contributed by atoms with E-state index >= 15 is 0 Å². The van der Waals surface area contributed by atoms with Gasteiger partial charge < -0.3 is 10.1 Å². The maximum absolute atomic E-state index is 11.6. The Labute approximate surface area is 71.8 Å². The molecule has 0 saturated heterocycles. The lowest BCUT2D eigenvalue weighted by atomic mass is 10.6. The highest BCUT2D eigenvalue weighted by atomic mass is 19.4. The third-order valence-corrected chi connectivity index (χ3v) is 1.20. The van der Waals surface area contributed by atoms with Gasteiger partial charge in [0, 0.05) is 0 Å². The lowest BCUT2D eigenvalue weighted by Gasteiger charge is -2.06. The van der Waals surface area contributed by atoms with Crippen LogP contribution in [0.4, 0.5) is 13.2 Å². The largest absolute Gasteiger partial charge is 0.411 e. The zero-order valence-corrected chi connectivity index (χ0v) is 6.52. The van der Waals surface area contributed by atoms with Crippen LogP contribution < -0.4 is 5.32 Å². The number of carbonyl (C=O) groups excluding carboxylic acids is 1. The van der Waals surface area contributed by atoms with Crippen molar-refractivity contribution in [1.29, 1.82) is 0 Å². The fourth-order valence-electron chi connectivity index (χ4n) is 0.752. The molecule has 0 aliphatic carbocycles. The van der Waals surface area contributed by atoms with Gasteiger partial charge in [-0.1, -0.05) is 0 Å². The van der Waals surface area contributed by atoms with Crippen LogP contribution in [0.5, 0.6) is 0 Å².